The second kappa shape index (κ2) is 6.15. The highest BCUT2D eigenvalue weighted by Crippen LogP contribution is 2.25. The summed E-state index contributed by atoms with van der Waals surface area (Å²) in [7, 11) is 1.58. The van der Waals surface area contributed by atoms with Gasteiger partial charge in [0.25, 0.3) is 0 Å². The van der Waals surface area contributed by atoms with Gasteiger partial charge in [0, 0.05) is 15.6 Å². The maximum Gasteiger partial charge on any atom is 0.363 e. The highest BCUT2D eigenvalue weighted by atomic mass is 79.9. The number of benzene rings is 2. The number of para-hydroxylation sites is 1. The Morgan fingerprint density at radius 3 is 2.77 bits per heavy atom. The van der Waals surface area contributed by atoms with E-state index in [0.717, 1.165) is 15.6 Å². The summed E-state index contributed by atoms with van der Waals surface area (Å²) < 4.78 is 11.4. The predicted molar refractivity (Wildman–Crippen MR) is 87.7 cm³/mol. The van der Waals surface area contributed by atoms with E-state index in [1.54, 1.807) is 13.2 Å². The maximum absolute atomic E-state index is 12.0. The first-order valence-electron chi connectivity index (χ1n) is 6.59. The van der Waals surface area contributed by atoms with Gasteiger partial charge in [-0.15, -0.1) is 0 Å². The van der Waals surface area contributed by atoms with Crippen LogP contribution in [0.5, 0.6) is 5.75 Å². The Bertz CT molecular complexity index is 796. The number of cyclic esters (lactones) is 1. The summed E-state index contributed by atoms with van der Waals surface area (Å²) in [5.74, 6) is 0.502. The number of hydrogen-bond donors (Lipinski definition) is 0. The number of carbonyl (C=O) groups is 1. The zero-order chi connectivity index (χ0) is 15.5. The van der Waals surface area contributed by atoms with Crippen LogP contribution in [0.2, 0.25) is 0 Å². The molecule has 110 valence electrons. The predicted octanol–water partition coefficient (Wildman–Crippen LogP) is 3.80. The van der Waals surface area contributed by atoms with Crippen LogP contribution in [0.3, 0.4) is 0 Å². The van der Waals surface area contributed by atoms with Crippen LogP contribution in [0.1, 0.15) is 11.1 Å². The lowest BCUT2D eigenvalue weighted by Crippen LogP contribution is -2.05. The van der Waals surface area contributed by atoms with Crippen LogP contribution in [-0.2, 0) is 9.53 Å². The van der Waals surface area contributed by atoms with Gasteiger partial charge in [0.2, 0.25) is 5.90 Å². The smallest absolute Gasteiger partial charge is 0.363 e. The Morgan fingerprint density at radius 1 is 1.18 bits per heavy atom. The van der Waals surface area contributed by atoms with E-state index < -0.39 is 5.97 Å². The van der Waals surface area contributed by atoms with Gasteiger partial charge in [-0.2, -0.15) is 0 Å². The lowest BCUT2D eigenvalue weighted by molar-refractivity contribution is -0.129. The Kier molecular flexibility index (Phi) is 4.06. The molecule has 2 aromatic carbocycles. The van der Waals surface area contributed by atoms with E-state index in [9.17, 15) is 4.79 Å². The van der Waals surface area contributed by atoms with Crippen molar-refractivity contribution in [1.29, 1.82) is 0 Å². The van der Waals surface area contributed by atoms with Crippen molar-refractivity contribution in [1.82, 2.24) is 0 Å². The molecule has 1 aliphatic rings. The molecular weight excluding hydrogens is 346 g/mol. The molecule has 3 rings (SSSR count). The summed E-state index contributed by atoms with van der Waals surface area (Å²) in [6, 6.07) is 14.8. The zero-order valence-electron chi connectivity index (χ0n) is 11.7. The molecule has 4 nitrogen and oxygen atoms in total. The number of esters is 1. The average Bonchev–Trinajstić information content (AvgIpc) is 2.89. The van der Waals surface area contributed by atoms with Gasteiger partial charge in [0.15, 0.2) is 5.70 Å². The van der Waals surface area contributed by atoms with Crippen molar-refractivity contribution in [3.63, 3.8) is 0 Å². The van der Waals surface area contributed by atoms with E-state index in [1.165, 1.54) is 0 Å². The van der Waals surface area contributed by atoms with Gasteiger partial charge >= 0.3 is 5.97 Å². The number of rotatable bonds is 3. The molecule has 0 N–H and O–H groups in total. The van der Waals surface area contributed by atoms with Crippen molar-refractivity contribution in [2.75, 3.05) is 7.11 Å². The Balaban J connectivity index is 1.98. The van der Waals surface area contributed by atoms with Gasteiger partial charge in [-0.05, 0) is 30.3 Å². The Morgan fingerprint density at radius 2 is 2.00 bits per heavy atom. The third-order valence-electron chi connectivity index (χ3n) is 3.12. The molecule has 0 aromatic heterocycles. The van der Waals surface area contributed by atoms with Gasteiger partial charge in [-0.1, -0.05) is 40.2 Å². The van der Waals surface area contributed by atoms with Gasteiger partial charge < -0.3 is 9.47 Å². The molecule has 0 saturated heterocycles. The molecule has 2 aromatic rings. The molecule has 0 aliphatic carbocycles. The van der Waals surface area contributed by atoms with Crippen molar-refractivity contribution in [2.24, 2.45) is 4.99 Å². The van der Waals surface area contributed by atoms with Crippen molar-refractivity contribution >= 4 is 33.9 Å². The van der Waals surface area contributed by atoms with Crippen LogP contribution in [0, 0.1) is 0 Å². The minimum atomic E-state index is -0.471. The summed E-state index contributed by atoms with van der Waals surface area (Å²) in [5, 5.41) is 0. The van der Waals surface area contributed by atoms with Crippen molar-refractivity contribution in [2.45, 2.75) is 0 Å². The number of halogens is 1. The molecule has 0 spiro atoms. The van der Waals surface area contributed by atoms with Crippen molar-refractivity contribution in [3.05, 3.63) is 69.8 Å². The monoisotopic (exact) mass is 357 g/mol. The normalized spacial score (nSPS) is 15.6. The molecule has 0 amide bonds. The molecule has 0 saturated carbocycles. The van der Waals surface area contributed by atoms with Crippen LogP contribution in [0.25, 0.3) is 6.08 Å². The summed E-state index contributed by atoms with van der Waals surface area (Å²) in [5.41, 5.74) is 1.77. The molecule has 0 unspecified atom stereocenters. The molecule has 0 fully saturated rings. The standard InChI is InChI=1S/C17H12BrNO3/c1-21-15-8-3-2-5-11(15)10-14-17(20)22-16(19-14)12-6-4-7-13(18)9-12/h2-10H,1H3/b14-10+. The second-order valence-corrected chi connectivity index (χ2v) is 5.50. The second-order valence-electron chi connectivity index (χ2n) is 4.59. The highest BCUT2D eigenvalue weighted by Gasteiger charge is 2.24. The molecule has 1 aliphatic heterocycles. The van der Waals surface area contributed by atoms with Crippen LogP contribution in [0.15, 0.2) is 63.7 Å². The van der Waals surface area contributed by atoms with Crippen molar-refractivity contribution in [3.8, 4) is 5.75 Å². The van der Waals surface area contributed by atoms with Gasteiger partial charge in [0.05, 0.1) is 7.11 Å². The number of nitrogens with zero attached hydrogens (tertiary/aromatic N) is 1. The quantitative estimate of drug-likeness (QED) is 0.619. The van der Waals surface area contributed by atoms with E-state index in [4.69, 9.17) is 9.47 Å². The Labute approximate surface area is 136 Å². The first kappa shape index (κ1) is 14.5. The molecule has 0 radical (unpaired) electrons. The van der Waals surface area contributed by atoms with Crippen molar-refractivity contribution < 1.29 is 14.3 Å². The topological polar surface area (TPSA) is 47.9 Å². The van der Waals surface area contributed by atoms with E-state index in [-0.39, 0.29) is 5.70 Å². The fourth-order valence-corrected chi connectivity index (χ4v) is 2.49. The van der Waals surface area contributed by atoms with E-state index in [1.807, 2.05) is 48.5 Å². The van der Waals surface area contributed by atoms with Gasteiger partial charge in [0.1, 0.15) is 5.75 Å². The Hall–Kier alpha value is -2.40. The minimum Gasteiger partial charge on any atom is -0.496 e. The number of aliphatic imine (C=N–C) groups is 1. The fraction of sp³-hybridized carbons (Fsp3) is 0.0588. The van der Waals surface area contributed by atoms with Crippen LogP contribution in [-0.4, -0.2) is 19.0 Å². The zero-order valence-corrected chi connectivity index (χ0v) is 13.3. The fourth-order valence-electron chi connectivity index (χ4n) is 2.09. The number of carbonyl (C=O) groups excluding carboxylic acids is 1. The average molecular weight is 358 g/mol. The summed E-state index contributed by atoms with van der Waals surface area (Å²) in [6.07, 6.45) is 1.66. The molecule has 22 heavy (non-hydrogen) atoms. The number of ether oxygens (including phenoxy) is 2. The number of hydrogen-bond acceptors (Lipinski definition) is 4. The molecule has 5 heteroatoms. The summed E-state index contributed by atoms with van der Waals surface area (Å²) in [4.78, 5) is 16.3. The van der Waals surface area contributed by atoms with Gasteiger partial charge in [-0.25, -0.2) is 9.79 Å². The van der Waals surface area contributed by atoms with E-state index in [2.05, 4.69) is 20.9 Å². The molecule has 1 heterocycles. The minimum absolute atomic E-state index is 0.250. The van der Waals surface area contributed by atoms with Crippen LogP contribution < -0.4 is 4.74 Å². The van der Waals surface area contributed by atoms with Crippen LogP contribution >= 0.6 is 15.9 Å². The first-order valence-corrected chi connectivity index (χ1v) is 7.38. The van der Waals surface area contributed by atoms with E-state index >= 15 is 0 Å². The first-order chi connectivity index (χ1) is 10.7. The van der Waals surface area contributed by atoms with E-state index in [0.29, 0.717) is 11.6 Å². The summed E-state index contributed by atoms with van der Waals surface area (Å²) >= 11 is 3.39. The number of methoxy groups -OCH3 is 1. The largest absolute Gasteiger partial charge is 0.496 e. The third-order valence-corrected chi connectivity index (χ3v) is 3.62. The van der Waals surface area contributed by atoms with Crippen LogP contribution in [0.4, 0.5) is 0 Å². The lowest BCUT2D eigenvalue weighted by atomic mass is 10.1. The van der Waals surface area contributed by atoms with Gasteiger partial charge in [-0.3, -0.25) is 0 Å². The molecular formula is C17H12BrNO3. The summed E-state index contributed by atoms with van der Waals surface area (Å²) in [6.45, 7) is 0. The maximum atomic E-state index is 12.0. The molecule has 0 bridgehead atoms. The highest BCUT2D eigenvalue weighted by molar-refractivity contribution is 9.10. The SMILES string of the molecule is COc1ccccc1/C=C1/N=C(c2cccc(Br)c2)OC1=O. The lowest BCUT2D eigenvalue weighted by Gasteiger charge is -2.03. The molecule has 0 atom stereocenters. The third kappa shape index (κ3) is 2.94.